The molecule has 0 amide bonds. The molecule has 2 saturated heterocycles. The highest BCUT2D eigenvalue weighted by Gasteiger charge is 2.26. The van der Waals surface area contributed by atoms with Crippen molar-refractivity contribution in [2.45, 2.75) is 12.2 Å². The van der Waals surface area contributed by atoms with Crippen LogP contribution in [0.3, 0.4) is 0 Å². The first-order valence-corrected chi connectivity index (χ1v) is 7.20. The van der Waals surface area contributed by atoms with Crippen LogP contribution in [0, 0.1) is 0 Å². The highest BCUT2D eigenvalue weighted by molar-refractivity contribution is 8.13. The van der Waals surface area contributed by atoms with Gasteiger partial charge in [-0.3, -0.25) is 0 Å². The Morgan fingerprint density at radius 2 is 2.06 bits per heavy atom. The lowest BCUT2D eigenvalue weighted by Gasteiger charge is -2.11. The Bertz CT molecular complexity index is 291. The summed E-state index contributed by atoms with van der Waals surface area (Å²) in [7, 11) is 0. The number of thioether (sulfide) groups is 2. The summed E-state index contributed by atoms with van der Waals surface area (Å²) in [4.78, 5) is 21.9. The second kappa shape index (κ2) is 6.36. The van der Waals surface area contributed by atoms with Gasteiger partial charge in [0, 0.05) is 11.5 Å². The Hall–Kier alpha value is -0.600. The average Bonchev–Trinajstić information content (AvgIpc) is 2.95. The van der Waals surface area contributed by atoms with Gasteiger partial charge in [0.25, 0.3) is 0 Å². The molecule has 0 radical (unpaired) electrons. The van der Waals surface area contributed by atoms with Gasteiger partial charge in [0.15, 0.2) is 0 Å². The lowest BCUT2D eigenvalue weighted by Crippen LogP contribution is -2.24. The molecular formula is C9H12O6S2. The SMILES string of the molecule is O=C(OCC1CSCO1)OCC1CSC(=O)O1. The van der Waals surface area contributed by atoms with Gasteiger partial charge in [-0.25, -0.2) is 9.59 Å². The molecule has 0 aliphatic carbocycles. The fraction of sp³-hybridized carbons (Fsp3) is 0.778. The average molecular weight is 280 g/mol. The van der Waals surface area contributed by atoms with E-state index in [1.807, 2.05) is 0 Å². The van der Waals surface area contributed by atoms with E-state index in [1.165, 1.54) is 0 Å². The summed E-state index contributed by atoms with van der Waals surface area (Å²) in [6.45, 7) is 0.239. The largest absolute Gasteiger partial charge is 0.508 e. The van der Waals surface area contributed by atoms with Crippen LogP contribution in [-0.2, 0) is 18.9 Å². The van der Waals surface area contributed by atoms with Gasteiger partial charge in [0.2, 0.25) is 0 Å². The van der Waals surface area contributed by atoms with Gasteiger partial charge >= 0.3 is 11.5 Å². The molecule has 0 aromatic heterocycles. The van der Waals surface area contributed by atoms with Crippen LogP contribution in [-0.4, -0.2) is 54.3 Å². The predicted octanol–water partition coefficient (Wildman–Crippen LogP) is 1.48. The van der Waals surface area contributed by atoms with Crippen molar-refractivity contribution in [1.82, 2.24) is 0 Å². The molecule has 0 bridgehead atoms. The fourth-order valence-electron chi connectivity index (χ4n) is 1.28. The van der Waals surface area contributed by atoms with Gasteiger partial charge in [0.05, 0.1) is 5.94 Å². The van der Waals surface area contributed by atoms with E-state index in [-0.39, 0.29) is 30.7 Å². The highest BCUT2D eigenvalue weighted by atomic mass is 32.2. The van der Waals surface area contributed by atoms with E-state index in [2.05, 4.69) is 0 Å². The summed E-state index contributed by atoms with van der Waals surface area (Å²) in [6.07, 6.45) is -1.16. The van der Waals surface area contributed by atoms with Gasteiger partial charge in [-0.2, -0.15) is 0 Å². The number of hydrogen-bond donors (Lipinski definition) is 0. The van der Waals surface area contributed by atoms with Gasteiger partial charge in [-0.15, -0.1) is 11.8 Å². The van der Waals surface area contributed by atoms with Crippen LogP contribution in [0.25, 0.3) is 0 Å². The van der Waals surface area contributed by atoms with Gasteiger partial charge < -0.3 is 18.9 Å². The van der Waals surface area contributed by atoms with E-state index >= 15 is 0 Å². The van der Waals surface area contributed by atoms with E-state index in [9.17, 15) is 9.59 Å². The third-order valence-corrected chi connectivity index (χ3v) is 3.90. The number of carbonyl (C=O) groups is 2. The van der Waals surface area contributed by atoms with Crippen LogP contribution in [0.4, 0.5) is 9.59 Å². The standard InChI is InChI=1S/C9H12O6S2/c10-8(12-1-6-3-16-5-14-6)13-2-7-4-17-9(11)15-7/h6-7H,1-5H2. The molecule has 2 atom stereocenters. The Morgan fingerprint density at radius 1 is 1.29 bits per heavy atom. The summed E-state index contributed by atoms with van der Waals surface area (Å²) in [5, 5.41) is -0.330. The van der Waals surface area contributed by atoms with Crippen molar-refractivity contribution in [2.24, 2.45) is 0 Å². The first-order valence-electron chi connectivity index (χ1n) is 5.06. The second-order valence-electron chi connectivity index (χ2n) is 3.45. The quantitative estimate of drug-likeness (QED) is 0.717. The van der Waals surface area contributed by atoms with Crippen LogP contribution in [0.5, 0.6) is 0 Å². The zero-order chi connectivity index (χ0) is 12.1. The Morgan fingerprint density at radius 3 is 2.65 bits per heavy atom. The minimum absolute atomic E-state index is 0.0395. The number of hydrogen-bond acceptors (Lipinski definition) is 8. The molecule has 0 N–H and O–H groups in total. The van der Waals surface area contributed by atoms with E-state index in [0.717, 1.165) is 17.5 Å². The Balaban J connectivity index is 1.55. The maximum atomic E-state index is 11.2. The summed E-state index contributed by atoms with van der Waals surface area (Å²) >= 11 is 2.73. The van der Waals surface area contributed by atoms with E-state index in [0.29, 0.717) is 11.7 Å². The minimum Gasteiger partial charge on any atom is -0.450 e. The maximum Gasteiger partial charge on any atom is 0.508 e. The predicted molar refractivity (Wildman–Crippen MR) is 62.2 cm³/mol. The van der Waals surface area contributed by atoms with Crippen molar-refractivity contribution in [3.05, 3.63) is 0 Å². The summed E-state index contributed by atoms with van der Waals surface area (Å²) in [6, 6.07) is 0. The lowest BCUT2D eigenvalue weighted by molar-refractivity contribution is -0.00218. The lowest BCUT2D eigenvalue weighted by atomic mass is 10.4. The van der Waals surface area contributed by atoms with Crippen LogP contribution in [0.2, 0.25) is 0 Å². The van der Waals surface area contributed by atoms with Crippen molar-refractivity contribution in [2.75, 3.05) is 30.7 Å². The first kappa shape index (κ1) is 12.8. The van der Waals surface area contributed by atoms with Gasteiger partial charge in [-0.1, -0.05) is 0 Å². The molecule has 0 aromatic rings. The third-order valence-electron chi connectivity index (χ3n) is 2.11. The molecule has 2 rings (SSSR count). The molecule has 17 heavy (non-hydrogen) atoms. The van der Waals surface area contributed by atoms with Crippen molar-refractivity contribution in [1.29, 1.82) is 0 Å². The molecule has 2 heterocycles. The van der Waals surface area contributed by atoms with E-state index in [4.69, 9.17) is 18.9 Å². The minimum atomic E-state index is -0.751. The zero-order valence-corrected chi connectivity index (χ0v) is 10.6. The number of cyclic esters (lactones) is 1. The van der Waals surface area contributed by atoms with Gasteiger partial charge in [0.1, 0.15) is 25.4 Å². The number of rotatable bonds is 4. The summed E-state index contributed by atoms with van der Waals surface area (Å²) < 4.78 is 19.8. The van der Waals surface area contributed by atoms with Crippen LogP contribution in [0.15, 0.2) is 0 Å². The Kier molecular flexibility index (Phi) is 4.81. The molecule has 96 valence electrons. The molecule has 2 fully saturated rings. The van der Waals surface area contributed by atoms with Crippen LogP contribution in [0.1, 0.15) is 0 Å². The maximum absolute atomic E-state index is 11.2. The molecule has 2 unspecified atom stereocenters. The van der Waals surface area contributed by atoms with E-state index < -0.39 is 6.16 Å². The molecule has 0 spiro atoms. The smallest absolute Gasteiger partial charge is 0.450 e. The number of ether oxygens (including phenoxy) is 4. The van der Waals surface area contributed by atoms with Crippen molar-refractivity contribution < 1.29 is 28.5 Å². The summed E-state index contributed by atoms with van der Waals surface area (Å²) in [5.41, 5.74) is 0. The van der Waals surface area contributed by atoms with E-state index in [1.54, 1.807) is 11.8 Å². The summed E-state index contributed by atoms with van der Waals surface area (Å²) in [5.74, 6) is 1.97. The molecular weight excluding hydrogens is 268 g/mol. The third kappa shape index (κ3) is 4.29. The van der Waals surface area contributed by atoms with Crippen molar-refractivity contribution in [3.8, 4) is 0 Å². The molecule has 0 aromatic carbocycles. The molecule has 6 nitrogen and oxygen atoms in total. The van der Waals surface area contributed by atoms with Gasteiger partial charge in [-0.05, 0) is 11.8 Å². The zero-order valence-electron chi connectivity index (χ0n) is 8.96. The molecule has 2 aliphatic heterocycles. The normalized spacial score (nSPS) is 27.9. The monoisotopic (exact) mass is 280 g/mol. The Labute approximate surface area is 107 Å². The highest BCUT2D eigenvalue weighted by Crippen LogP contribution is 2.20. The van der Waals surface area contributed by atoms with Crippen molar-refractivity contribution in [3.63, 3.8) is 0 Å². The fourth-order valence-corrected chi connectivity index (χ4v) is 2.81. The van der Waals surface area contributed by atoms with Crippen LogP contribution >= 0.6 is 23.5 Å². The second-order valence-corrected chi connectivity index (χ2v) is 5.38. The first-order chi connectivity index (χ1) is 8.24. The van der Waals surface area contributed by atoms with Crippen molar-refractivity contribution >= 4 is 35.0 Å². The topological polar surface area (TPSA) is 71.1 Å². The molecule has 2 aliphatic rings. The molecule has 0 saturated carbocycles. The molecule has 8 heteroatoms. The number of carbonyl (C=O) groups excluding carboxylic acids is 2. The van der Waals surface area contributed by atoms with Crippen LogP contribution < -0.4 is 0 Å².